The van der Waals surface area contributed by atoms with Gasteiger partial charge in [-0.1, -0.05) is 37.6 Å². The minimum absolute atomic E-state index is 0.0969. The monoisotopic (exact) mass is 295 g/mol. The lowest BCUT2D eigenvalue weighted by Crippen LogP contribution is -2.28. The molecule has 1 fully saturated rings. The molecule has 1 aliphatic carbocycles. The Kier molecular flexibility index (Phi) is 5.22. The molecular weight excluding hydrogens is 270 g/mol. The molecule has 1 unspecified atom stereocenters. The van der Waals surface area contributed by atoms with Crippen LogP contribution in [0.4, 0.5) is 0 Å². The molecule has 0 aromatic heterocycles. The van der Waals surface area contributed by atoms with E-state index in [1.165, 1.54) is 31.1 Å². The molecule has 3 nitrogen and oxygen atoms in total. The second-order valence-electron chi connectivity index (χ2n) is 5.89. The van der Waals surface area contributed by atoms with Gasteiger partial charge in [-0.2, -0.15) is 0 Å². The van der Waals surface area contributed by atoms with Crippen molar-refractivity contribution in [1.29, 1.82) is 0 Å². The Bertz CT molecular complexity index is 518. The summed E-state index contributed by atoms with van der Waals surface area (Å²) in [5.74, 6) is 0.886. The highest BCUT2D eigenvalue weighted by Crippen LogP contribution is 2.36. The predicted molar refractivity (Wildman–Crippen MR) is 83.8 cm³/mol. The maximum atomic E-state index is 11.6. The number of nitrogens with one attached hydrogen (secondary N) is 1. The highest BCUT2D eigenvalue weighted by Gasteiger charge is 2.21. The number of benzene rings is 1. The topological polar surface area (TPSA) is 46.2 Å². The van der Waals surface area contributed by atoms with Crippen molar-refractivity contribution in [1.82, 2.24) is 5.32 Å². The van der Waals surface area contributed by atoms with Gasteiger partial charge in [0.2, 0.25) is 0 Å². The average molecular weight is 295 g/mol. The van der Waals surface area contributed by atoms with Crippen molar-refractivity contribution in [3.63, 3.8) is 0 Å². The van der Waals surface area contributed by atoms with Gasteiger partial charge in [-0.25, -0.2) is 8.42 Å². The quantitative estimate of drug-likeness (QED) is 0.841. The number of sulfone groups is 1. The van der Waals surface area contributed by atoms with E-state index in [-0.39, 0.29) is 11.8 Å². The summed E-state index contributed by atoms with van der Waals surface area (Å²) in [6.07, 6.45) is 6.22. The molecule has 0 bridgehead atoms. The second-order valence-corrected chi connectivity index (χ2v) is 8.08. The van der Waals surface area contributed by atoms with Crippen LogP contribution in [0.15, 0.2) is 24.3 Å². The normalized spacial score (nSPS) is 17.7. The van der Waals surface area contributed by atoms with Gasteiger partial charge in [-0.15, -0.1) is 0 Å². The highest BCUT2D eigenvalue weighted by molar-refractivity contribution is 7.90. The van der Waals surface area contributed by atoms with E-state index in [9.17, 15) is 8.42 Å². The third kappa shape index (κ3) is 4.32. The lowest BCUT2D eigenvalue weighted by Gasteiger charge is -2.26. The smallest absolute Gasteiger partial charge is 0.149 e. The van der Waals surface area contributed by atoms with Crippen molar-refractivity contribution in [2.24, 2.45) is 0 Å². The SMILES string of the molecule is CCCNC(CS(C)(=O)=O)c1ccc(C2CCC2)cc1. The molecular formula is C16H25NO2S. The fourth-order valence-corrected chi connectivity index (χ4v) is 3.55. The fraction of sp³-hybridized carbons (Fsp3) is 0.625. The van der Waals surface area contributed by atoms with E-state index in [0.29, 0.717) is 0 Å². The fourth-order valence-electron chi connectivity index (χ4n) is 2.64. The molecule has 2 rings (SSSR count). The molecule has 4 heteroatoms. The van der Waals surface area contributed by atoms with Crippen LogP contribution in [0.1, 0.15) is 55.7 Å². The zero-order valence-corrected chi connectivity index (χ0v) is 13.2. The second kappa shape index (κ2) is 6.72. The molecule has 0 amide bonds. The van der Waals surface area contributed by atoms with Gasteiger partial charge >= 0.3 is 0 Å². The summed E-state index contributed by atoms with van der Waals surface area (Å²) in [7, 11) is -2.98. The molecule has 0 spiro atoms. The van der Waals surface area contributed by atoms with Gasteiger partial charge < -0.3 is 5.32 Å². The molecule has 0 saturated heterocycles. The molecule has 20 heavy (non-hydrogen) atoms. The first-order valence-electron chi connectivity index (χ1n) is 7.50. The Morgan fingerprint density at radius 3 is 2.35 bits per heavy atom. The van der Waals surface area contributed by atoms with E-state index in [1.807, 2.05) is 0 Å². The summed E-state index contributed by atoms with van der Waals surface area (Å²) >= 11 is 0. The number of hydrogen-bond donors (Lipinski definition) is 1. The minimum atomic E-state index is -2.98. The molecule has 0 heterocycles. The standard InChI is InChI=1S/C16H25NO2S/c1-3-11-17-16(12-20(2,18)19)15-9-7-14(8-10-15)13-5-4-6-13/h7-10,13,16-17H,3-6,11-12H2,1-2H3. The zero-order valence-electron chi connectivity index (χ0n) is 12.4. The Labute approximate surface area is 122 Å². The summed E-state index contributed by atoms with van der Waals surface area (Å²) in [6.45, 7) is 2.93. The maximum Gasteiger partial charge on any atom is 0.149 e. The summed E-state index contributed by atoms with van der Waals surface area (Å²) in [5.41, 5.74) is 2.47. The Morgan fingerprint density at radius 1 is 1.25 bits per heavy atom. The molecule has 1 aliphatic rings. The molecule has 1 aromatic rings. The van der Waals surface area contributed by atoms with E-state index in [0.717, 1.165) is 24.4 Å². The average Bonchev–Trinajstić information content (AvgIpc) is 2.32. The Balaban J connectivity index is 2.10. The molecule has 1 aromatic carbocycles. The number of rotatable bonds is 7. The van der Waals surface area contributed by atoms with Gasteiger partial charge in [-0.3, -0.25) is 0 Å². The molecule has 112 valence electrons. The summed E-state index contributed by atoms with van der Waals surface area (Å²) in [4.78, 5) is 0. The van der Waals surface area contributed by atoms with Crippen LogP contribution in [0.5, 0.6) is 0 Å². The van der Waals surface area contributed by atoms with E-state index in [2.05, 4.69) is 36.5 Å². The van der Waals surface area contributed by atoms with Crippen LogP contribution < -0.4 is 5.32 Å². The summed E-state index contributed by atoms with van der Waals surface area (Å²) < 4.78 is 23.1. The van der Waals surface area contributed by atoms with Crippen LogP contribution in [-0.2, 0) is 9.84 Å². The molecule has 1 atom stereocenters. The molecule has 1 N–H and O–H groups in total. The Hall–Kier alpha value is -0.870. The summed E-state index contributed by atoms with van der Waals surface area (Å²) in [5, 5.41) is 3.34. The van der Waals surface area contributed by atoms with Crippen LogP contribution in [0, 0.1) is 0 Å². The zero-order chi connectivity index (χ0) is 14.6. The third-order valence-electron chi connectivity index (χ3n) is 4.03. The first-order chi connectivity index (χ1) is 9.49. The van der Waals surface area contributed by atoms with Crippen molar-refractivity contribution < 1.29 is 8.42 Å². The van der Waals surface area contributed by atoms with E-state index >= 15 is 0 Å². The van der Waals surface area contributed by atoms with Crippen LogP contribution in [0.3, 0.4) is 0 Å². The van der Waals surface area contributed by atoms with Gasteiger partial charge in [-0.05, 0) is 42.9 Å². The maximum absolute atomic E-state index is 11.6. The first kappa shape index (κ1) is 15.5. The van der Waals surface area contributed by atoms with Gasteiger partial charge in [0.25, 0.3) is 0 Å². The van der Waals surface area contributed by atoms with Gasteiger partial charge in [0.1, 0.15) is 9.84 Å². The van der Waals surface area contributed by atoms with Gasteiger partial charge in [0, 0.05) is 12.3 Å². The lowest BCUT2D eigenvalue weighted by molar-refractivity contribution is 0.419. The van der Waals surface area contributed by atoms with Crippen LogP contribution in [0.2, 0.25) is 0 Å². The van der Waals surface area contributed by atoms with Crippen molar-refractivity contribution in [3.8, 4) is 0 Å². The molecule has 0 aliphatic heterocycles. The van der Waals surface area contributed by atoms with Crippen LogP contribution in [0.25, 0.3) is 0 Å². The van der Waals surface area contributed by atoms with Gasteiger partial charge in [0.05, 0.1) is 5.75 Å². The molecule has 1 saturated carbocycles. The first-order valence-corrected chi connectivity index (χ1v) is 9.56. The minimum Gasteiger partial charge on any atom is -0.309 e. The predicted octanol–water partition coefficient (Wildman–Crippen LogP) is 3.04. The molecule has 0 radical (unpaired) electrons. The van der Waals surface area contributed by atoms with Gasteiger partial charge in [0.15, 0.2) is 0 Å². The van der Waals surface area contributed by atoms with E-state index in [1.54, 1.807) is 0 Å². The highest BCUT2D eigenvalue weighted by atomic mass is 32.2. The van der Waals surface area contributed by atoms with Crippen LogP contribution in [-0.4, -0.2) is 27.0 Å². The Morgan fingerprint density at radius 2 is 1.90 bits per heavy atom. The van der Waals surface area contributed by atoms with E-state index in [4.69, 9.17) is 0 Å². The van der Waals surface area contributed by atoms with Crippen molar-refractivity contribution in [3.05, 3.63) is 35.4 Å². The van der Waals surface area contributed by atoms with Crippen molar-refractivity contribution in [2.75, 3.05) is 18.6 Å². The van der Waals surface area contributed by atoms with Crippen molar-refractivity contribution >= 4 is 9.84 Å². The largest absolute Gasteiger partial charge is 0.309 e. The lowest BCUT2D eigenvalue weighted by atomic mass is 9.80. The van der Waals surface area contributed by atoms with E-state index < -0.39 is 9.84 Å². The third-order valence-corrected chi connectivity index (χ3v) is 4.96. The van der Waals surface area contributed by atoms with Crippen LogP contribution >= 0.6 is 0 Å². The summed E-state index contributed by atoms with van der Waals surface area (Å²) in [6, 6.07) is 8.42. The number of hydrogen-bond acceptors (Lipinski definition) is 3. The van der Waals surface area contributed by atoms with Crippen molar-refractivity contribution in [2.45, 2.75) is 44.6 Å².